The topological polar surface area (TPSA) is 82.0 Å². The number of hydrogen-bond donors (Lipinski definition) is 2. The molecule has 0 amide bonds. The monoisotopic (exact) mass is 351 g/mol. The van der Waals surface area contributed by atoms with Crippen LogP contribution in [0.3, 0.4) is 0 Å². The van der Waals surface area contributed by atoms with E-state index in [1.54, 1.807) is 6.07 Å². The number of hydrogen-bond acceptors (Lipinski definition) is 4. The molecule has 1 saturated heterocycles. The third-order valence-corrected chi connectivity index (χ3v) is 4.80. The van der Waals surface area contributed by atoms with Crippen LogP contribution < -0.4 is 10.0 Å². The van der Waals surface area contributed by atoms with Gasteiger partial charge in [0.2, 0.25) is 10.0 Å². The summed E-state index contributed by atoms with van der Waals surface area (Å²) in [6.07, 6.45) is 2.82. The summed E-state index contributed by atoms with van der Waals surface area (Å²) < 4.78 is 53.7. The van der Waals surface area contributed by atoms with Crippen LogP contribution in [-0.4, -0.2) is 27.5 Å². The third-order valence-electron chi connectivity index (χ3n) is 3.33. The van der Waals surface area contributed by atoms with E-state index in [0.717, 1.165) is 25.8 Å². The quantitative estimate of drug-likeness (QED) is 0.864. The Morgan fingerprint density at radius 2 is 1.95 bits per heavy atom. The molecule has 0 aromatic heterocycles. The summed E-state index contributed by atoms with van der Waals surface area (Å²) in [5, 5.41) is 11.7. The van der Waals surface area contributed by atoms with Crippen molar-refractivity contribution in [3.8, 4) is 6.07 Å². The second kappa shape index (κ2) is 7.83. The lowest BCUT2D eigenvalue weighted by Crippen LogP contribution is -2.43. The molecule has 9 heteroatoms. The Bertz CT molecular complexity index is 647. The molecule has 122 valence electrons. The Morgan fingerprint density at radius 1 is 1.32 bits per heavy atom. The number of benzene rings is 1. The average molecular weight is 352 g/mol. The normalized spacial score (nSPS) is 18.3. The van der Waals surface area contributed by atoms with E-state index < -0.39 is 26.6 Å². The SMILES string of the molecule is Cl.N#Cc1cc(F)c(S(=O)(=O)NCC2CCCCN2)c(F)c1. The number of sulfonamides is 1. The molecule has 22 heavy (non-hydrogen) atoms. The number of piperidine rings is 1. The van der Waals surface area contributed by atoms with Crippen LogP contribution in [0.4, 0.5) is 8.78 Å². The number of halogens is 3. The lowest BCUT2D eigenvalue weighted by atomic mass is 10.1. The van der Waals surface area contributed by atoms with Gasteiger partial charge in [0.15, 0.2) is 4.90 Å². The van der Waals surface area contributed by atoms with E-state index in [4.69, 9.17) is 5.26 Å². The molecule has 1 aromatic rings. The molecule has 1 atom stereocenters. The summed E-state index contributed by atoms with van der Waals surface area (Å²) in [4.78, 5) is -1.04. The molecule has 1 fully saturated rings. The van der Waals surface area contributed by atoms with Crippen molar-refractivity contribution < 1.29 is 17.2 Å². The maximum atomic E-state index is 13.7. The summed E-state index contributed by atoms with van der Waals surface area (Å²) in [5.41, 5.74) is -0.266. The lowest BCUT2D eigenvalue weighted by Gasteiger charge is -2.23. The standard InChI is InChI=1S/C13H15F2N3O2S.ClH/c14-11-5-9(7-16)6-12(15)13(11)21(19,20)18-8-10-3-1-2-4-17-10;/h5-6,10,17-18H,1-4,8H2;1H. The van der Waals surface area contributed by atoms with Crippen LogP contribution in [-0.2, 0) is 10.0 Å². The molecule has 0 aliphatic carbocycles. The van der Waals surface area contributed by atoms with Crippen molar-refractivity contribution in [3.05, 3.63) is 29.3 Å². The largest absolute Gasteiger partial charge is 0.313 e. The molecular weight excluding hydrogens is 336 g/mol. The molecule has 1 aliphatic rings. The zero-order valence-electron chi connectivity index (χ0n) is 11.6. The second-order valence-corrected chi connectivity index (χ2v) is 6.58. The van der Waals surface area contributed by atoms with Crippen molar-refractivity contribution in [2.45, 2.75) is 30.2 Å². The Balaban J connectivity index is 0.00000242. The maximum absolute atomic E-state index is 13.7. The molecule has 1 aliphatic heterocycles. The highest BCUT2D eigenvalue weighted by Crippen LogP contribution is 2.20. The minimum Gasteiger partial charge on any atom is -0.313 e. The zero-order valence-corrected chi connectivity index (χ0v) is 13.2. The smallest absolute Gasteiger partial charge is 0.246 e. The molecule has 0 bridgehead atoms. The molecule has 0 saturated carbocycles. The fourth-order valence-electron chi connectivity index (χ4n) is 2.26. The van der Waals surface area contributed by atoms with Gasteiger partial charge in [-0.1, -0.05) is 6.42 Å². The summed E-state index contributed by atoms with van der Waals surface area (Å²) in [7, 11) is -4.30. The van der Waals surface area contributed by atoms with E-state index in [1.165, 1.54) is 0 Å². The highest BCUT2D eigenvalue weighted by atomic mass is 35.5. The van der Waals surface area contributed by atoms with Gasteiger partial charge in [-0.05, 0) is 31.5 Å². The van der Waals surface area contributed by atoms with Crippen LogP contribution in [0.5, 0.6) is 0 Å². The van der Waals surface area contributed by atoms with Crippen LogP contribution in [0.2, 0.25) is 0 Å². The number of nitrogens with one attached hydrogen (secondary N) is 2. The summed E-state index contributed by atoms with van der Waals surface area (Å²) in [5.74, 6) is -2.54. The van der Waals surface area contributed by atoms with Gasteiger partial charge >= 0.3 is 0 Å². The fraction of sp³-hybridized carbons (Fsp3) is 0.462. The predicted molar refractivity (Wildman–Crippen MR) is 79.2 cm³/mol. The molecule has 0 spiro atoms. The van der Waals surface area contributed by atoms with Crippen LogP contribution in [0, 0.1) is 23.0 Å². The van der Waals surface area contributed by atoms with Gasteiger partial charge in [-0.2, -0.15) is 5.26 Å². The maximum Gasteiger partial charge on any atom is 0.246 e. The van der Waals surface area contributed by atoms with Gasteiger partial charge in [0.1, 0.15) is 11.6 Å². The van der Waals surface area contributed by atoms with Crippen molar-refractivity contribution in [1.29, 1.82) is 5.26 Å². The van der Waals surface area contributed by atoms with Gasteiger partial charge in [-0.25, -0.2) is 21.9 Å². The summed E-state index contributed by atoms with van der Waals surface area (Å²) in [6, 6.07) is 2.93. The molecule has 2 N–H and O–H groups in total. The summed E-state index contributed by atoms with van der Waals surface area (Å²) >= 11 is 0. The highest BCUT2D eigenvalue weighted by molar-refractivity contribution is 7.89. The second-order valence-electron chi connectivity index (χ2n) is 4.88. The Hall–Kier alpha value is -1.27. The van der Waals surface area contributed by atoms with Crippen LogP contribution >= 0.6 is 12.4 Å². The Kier molecular flexibility index (Phi) is 6.68. The van der Waals surface area contributed by atoms with Crippen molar-refractivity contribution in [2.75, 3.05) is 13.1 Å². The van der Waals surface area contributed by atoms with Crippen LogP contribution in [0.25, 0.3) is 0 Å². The molecule has 1 heterocycles. The number of rotatable bonds is 4. The van der Waals surface area contributed by atoms with Gasteiger partial charge in [0.05, 0.1) is 11.6 Å². The van der Waals surface area contributed by atoms with E-state index in [0.29, 0.717) is 12.1 Å². The van der Waals surface area contributed by atoms with E-state index in [1.807, 2.05) is 0 Å². The molecule has 0 radical (unpaired) electrons. The van der Waals surface area contributed by atoms with Gasteiger partial charge in [-0.15, -0.1) is 12.4 Å². The van der Waals surface area contributed by atoms with Gasteiger partial charge in [-0.3, -0.25) is 0 Å². The first-order chi connectivity index (χ1) is 9.94. The minimum absolute atomic E-state index is 0. The van der Waals surface area contributed by atoms with Crippen LogP contribution in [0.1, 0.15) is 24.8 Å². The van der Waals surface area contributed by atoms with E-state index in [2.05, 4.69) is 10.0 Å². The average Bonchev–Trinajstić information content (AvgIpc) is 2.45. The zero-order chi connectivity index (χ0) is 15.5. The highest BCUT2D eigenvalue weighted by Gasteiger charge is 2.26. The Labute approximate surface area is 134 Å². The lowest BCUT2D eigenvalue weighted by molar-refractivity contribution is 0.397. The fourth-order valence-corrected chi connectivity index (χ4v) is 3.46. The molecular formula is C13H16ClF2N3O2S. The number of nitrogens with zero attached hydrogens (tertiary/aromatic N) is 1. The molecule has 5 nitrogen and oxygen atoms in total. The van der Waals surface area contributed by atoms with Crippen molar-refractivity contribution >= 4 is 22.4 Å². The van der Waals surface area contributed by atoms with E-state index in [-0.39, 0.29) is 30.6 Å². The van der Waals surface area contributed by atoms with Crippen molar-refractivity contribution in [1.82, 2.24) is 10.0 Å². The molecule has 1 unspecified atom stereocenters. The minimum atomic E-state index is -4.30. The van der Waals surface area contributed by atoms with Gasteiger partial charge in [0, 0.05) is 12.6 Å². The first kappa shape index (κ1) is 18.8. The Morgan fingerprint density at radius 3 is 2.45 bits per heavy atom. The third kappa shape index (κ3) is 4.36. The van der Waals surface area contributed by atoms with Crippen molar-refractivity contribution in [3.63, 3.8) is 0 Å². The van der Waals surface area contributed by atoms with Crippen LogP contribution in [0.15, 0.2) is 17.0 Å². The first-order valence-corrected chi connectivity index (χ1v) is 8.04. The van der Waals surface area contributed by atoms with Crippen molar-refractivity contribution in [2.24, 2.45) is 0 Å². The van der Waals surface area contributed by atoms with Gasteiger partial charge < -0.3 is 5.32 Å². The summed E-state index contributed by atoms with van der Waals surface area (Å²) in [6.45, 7) is 0.868. The first-order valence-electron chi connectivity index (χ1n) is 6.56. The van der Waals surface area contributed by atoms with Gasteiger partial charge in [0.25, 0.3) is 0 Å². The van der Waals surface area contributed by atoms with E-state index >= 15 is 0 Å². The predicted octanol–water partition coefficient (Wildman–Crippen LogP) is 1.68. The van der Waals surface area contributed by atoms with E-state index in [9.17, 15) is 17.2 Å². The molecule has 1 aromatic carbocycles. The molecule has 2 rings (SSSR count). The number of nitriles is 1.